The highest BCUT2D eigenvalue weighted by Gasteiger charge is 2.25. The first-order valence-electron chi connectivity index (χ1n) is 8.94. The highest BCUT2D eigenvalue weighted by molar-refractivity contribution is 6.03. The second-order valence-corrected chi connectivity index (χ2v) is 7.80. The van der Waals surface area contributed by atoms with E-state index >= 15 is 0 Å². The van der Waals surface area contributed by atoms with Crippen LogP contribution in [0.5, 0.6) is 0 Å². The summed E-state index contributed by atoms with van der Waals surface area (Å²) in [5.74, 6) is -0.365. The number of carbonyl (C=O) groups is 1. The number of hydrogen-bond donors (Lipinski definition) is 0. The van der Waals surface area contributed by atoms with Crippen molar-refractivity contribution in [3.8, 4) is 0 Å². The van der Waals surface area contributed by atoms with E-state index in [0.717, 1.165) is 30.8 Å². The zero-order chi connectivity index (χ0) is 18.0. The molecule has 1 aliphatic rings. The van der Waals surface area contributed by atoms with Crippen LogP contribution in [0.4, 0.5) is 0 Å². The number of fused-ring (bicyclic) bond motifs is 1. The summed E-state index contributed by atoms with van der Waals surface area (Å²) in [5.41, 5.74) is 2.45. The van der Waals surface area contributed by atoms with Gasteiger partial charge in [0.05, 0.1) is 22.7 Å². The van der Waals surface area contributed by atoms with Gasteiger partial charge in [0.25, 0.3) is 5.71 Å². The highest BCUT2D eigenvalue weighted by Crippen LogP contribution is 2.29. The minimum Gasteiger partial charge on any atom is -0.459 e. The standard InChI is InChI=1S/C19H26N2O4/c1-5-12-9-14(18(22)24-11-13-7-6-8-23-13)16-15(10-19(2,3)4)21-25-17(16)20-12/h9,13H,5-8,10-11H2,1-4H3/t13-/m0/s1. The van der Waals surface area contributed by atoms with E-state index in [4.69, 9.17) is 14.0 Å². The second kappa shape index (κ2) is 7.12. The molecular formula is C19H26N2O4. The summed E-state index contributed by atoms with van der Waals surface area (Å²) in [5, 5.41) is 4.84. The molecule has 0 saturated carbocycles. The molecule has 0 aliphatic carbocycles. The zero-order valence-corrected chi connectivity index (χ0v) is 15.4. The monoisotopic (exact) mass is 346 g/mol. The lowest BCUT2D eigenvalue weighted by Crippen LogP contribution is -2.18. The normalized spacial score (nSPS) is 18.0. The Bertz CT molecular complexity index is 755. The maximum Gasteiger partial charge on any atom is 0.339 e. The average Bonchev–Trinajstić information content (AvgIpc) is 3.20. The summed E-state index contributed by atoms with van der Waals surface area (Å²) in [6, 6.07) is 1.80. The van der Waals surface area contributed by atoms with E-state index in [9.17, 15) is 4.79 Å². The fraction of sp³-hybridized carbons (Fsp3) is 0.632. The number of aryl methyl sites for hydroxylation is 1. The molecule has 25 heavy (non-hydrogen) atoms. The van der Waals surface area contributed by atoms with Gasteiger partial charge in [0.15, 0.2) is 0 Å². The van der Waals surface area contributed by atoms with Crippen LogP contribution >= 0.6 is 0 Å². The minimum absolute atomic E-state index is 0.00319. The van der Waals surface area contributed by atoms with Gasteiger partial charge < -0.3 is 14.0 Å². The number of aromatic nitrogens is 2. The maximum absolute atomic E-state index is 12.7. The largest absolute Gasteiger partial charge is 0.459 e. The third-order valence-electron chi connectivity index (χ3n) is 4.27. The van der Waals surface area contributed by atoms with Crippen LogP contribution in [0.1, 0.15) is 62.3 Å². The highest BCUT2D eigenvalue weighted by atomic mass is 16.6. The number of nitrogens with zero attached hydrogens (tertiary/aromatic N) is 2. The molecule has 0 unspecified atom stereocenters. The Morgan fingerprint density at radius 2 is 2.20 bits per heavy atom. The molecule has 2 aromatic rings. The van der Waals surface area contributed by atoms with Crippen LogP contribution in [-0.2, 0) is 22.3 Å². The van der Waals surface area contributed by atoms with Crippen molar-refractivity contribution in [3.05, 3.63) is 23.0 Å². The molecule has 1 aliphatic heterocycles. The van der Waals surface area contributed by atoms with Crippen LogP contribution in [0, 0.1) is 5.41 Å². The maximum atomic E-state index is 12.7. The first-order valence-corrected chi connectivity index (χ1v) is 8.94. The van der Waals surface area contributed by atoms with E-state index in [0.29, 0.717) is 29.5 Å². The number of pyridine rings is 1. The van der Waals surface area contributed by atoms with Crippen molar-refractivity contribution in [2.75, 3.05) is 13.2 Å². The molecule has 6 heteroatoms. The van der Waals surface area contributed by atoms with Gasteiger partial charge in [0, 0.05) is 12.3 Å². The second-order valence-electron chi connectivity index (χ2n) is 7.80. The molecule has 0 amide bonds. The van der Waals surface area contributed by atoms with Gasteiger partial charge in [-0.05, 0) is 37.2 Å². The lowest BCUT2D eigenvalue weighted by atomic mass is 9.89. The van der Waals surface area contributed by atoms with Crippen molar-refractivity contribution >= 4 is 17.1 Å². The zero-order valence-electron chi connectivity index (χ0n) is 15.4. The third-order valence-corrected chi connectivity index (χ3v) is 4.27. The van der Waals surface area contributed by atoms with E-state index < -0.39 is 0 Å². The van der Waals surface area contributed by atoms with Crippen LogP contribution in [0.25, 0.3) is 11.1 Å². The Morgan fingerprint density at radius 3 is 2.84 bits per heavy atom. The number of hydrogen-bond acceptors (Lipinski definition) is 6. The van der Waals surface area contributed by atoms with Gasteiger partial charge >= 0.3 is 5.97 Å². The summed E-state index contributed by atoms with van der Waals surface area (Å²) < 4.78 is 16.5. The first-order chi connectivity index (χ1) is 11.9. The molecule has 1 atom stereocenters. The van der Waals surface area contributed by atoms with E-state index in [2.05, 4.69) is 30.9 Å². The molecule has 0 radical (unpaired) electrons. The first kappa shape index (κ1) is 17.9. The summed E-state index contributed by atoms with van der Waals surface area (Å²) in [6.45, 7) is 9.37. The summed E-state index contributed by atoms with van der Waals surface area (Å²) in [4.78, 5) is 17.2. The van der Waals surface area contributed by atoms with Crippen LogP contribution in [0.3, 0.4) is 0 Å². The number of carbonyl (C=O) groups excluding carboxylic acids is 1. The summed E-state index contributed by atoms with van der Waals surface area (Å²) in [6.07, 6.45) is 3.35. The van der Waals surface area contributed by atoms with Gasteiger partial charge in [-0.1, -0.05) is 32.9 Å². The smallest absolute Gasteiger partial charge is 0.339 e. The van der Waals surface area contributed by atoms with E-state index in [1.807, 2.05) is 6.92 Å². The van der Waals surface area contributed by atoms with Crippen molar-refractivity contribution < 1.29 is 18.8 Å². The molecule has 6 nitrogen and oxygen atoms in total. The lowest BCUT2D eigenvalue weighted by molar-refractivity contribution is 0.0163. The number of ether oxygens (including phenoxy) is 2. The van der Waals surface area contributed by atoms with Crippen molar-refractivity contribution in [2.24, 2.45) is 5.41 Å². The molecule has 1 saturated heterocycles. The van der Waals surface area contributed by atoms with Crippen LogP contribution < -0.4 is 0 Å². The molecule has 3 heterocycles. The molecular weight excluding hydrogens is 320 g/mol. The Balaban J connectivity index is 1.92. The summed E-state index contributed by atoms with van der Waals surface area (Å²) in [7, 11) is 0. The quantitative estimate of drug-likeness (QED) is 0.768. The van der Waals surface area contributed by atoms with Crippen molar-refractivity contribution in [2.45, 2.75) is 59.5 Å². The number of esters is 1. The van der Waals surface area contributed by atoms with Gasteiger partial charge in [-0.2, -0.15) is 0 Å². The predicted molar refractivity (Wildman–Crippen MR) is 93.6 cm³/mol. The van der Waals surface area contributed by atoms with E-state index in [-0.39, 0.29) is 24.1 Å². The van der Waals surface area contributed by atoms with Crippen molar-refractivity contribution in [1.29, 1.82) is 0 Å². The average molecular weight is 346 g/mol. The van der Waals surface area contributed by atoms with Crippen LogP contribution in [0.2, 0.25) is 0 Å². The Morgan fingerprint density at radius 1 is 1.40 bits per heavy atom. The predicted octanol–water partition coefficient (Wildman–Crippen LogP) is 3.71. The third kappa shape index (κ3) is 4.18. The molecule has 0 spiro atoms. The summed E-state index contributed by atoms with van der Waals surface area (Å²) >= 11 is 0. The molecule has 0 aromatic carbocycles. The van der Waals surface area contributed by atoms with Crippen LogP contribution in [0.15, 0.2) is 10.6 Å². The minimum atomic E-state index is -0.365. The number of rotatable bonds is 5. The SMILES string of the molecule is CCc1cc(C(=O)OC[C@@H]2CCCO2)c2c(CC(C)(C)C)noc2n1. The Kier molecular flexibility index (Phi) is 5.08. The van der Waals surface area contributed by atoms with Gasteiger partial charge in [0.1, 0.15) is 6.61 Å². The van der Waals surface area contributed by atoms with Gasteiger partial charge in [0.2, 0.25) is 0 Å². The Hall–Kier alpha value is -1.95. The fourth-order valence-corrected chi connectivity index (χ4v) is 3.05. The van der Waals surface area contributed by atoms with Crippen molar-refractivity contribution in [3.63, 3.8) is 0 Å². The molecule has 1 fully saturated rings. The molecule has 2 aromatic heterocycles. The van der Waals surface area contributed by atoms with Crippen molar-refractivity contribution in [1.82, 2.24) is 10.1 Å². The Labute approximate surface area is 147 Å². The molecule has 0 bridgehead atoms. The fourth-order valence-electron chi connectivity index (χ4n) is 3.05. The van der Waals surface area contributed by atoms with Crippen LogP contribution in [-0.4, -0.2) is 35.4 Å². The lowest BCUT2D eigenvalue weighted by Gasteiger charge is -2.16. The molecule has 3 rings (SSSR count). The molecule has 0 N–H and O–H groups in total. The topological polar surface area (TPSA) is 74.5 Å². The molecule has 136 valence electrons. The van der Waals surface area contributed by atoms with E-state index in [1.165, 1.54) is 0 Å². The van der Waals surface area contributed by atoms with Gasteiger partial charge in [-0.15, -0.1) is 0 Å². The van der Waals surface area contributed by atoms with Gasteiger partial charge in [-0.25, -0.2) is 9.78 Å². The van der Waals surface area contributed by atoms with E-state index in [1.54, 1.807) is 6.07 Å². The van der Waals surface area contributed by atoms with Gasteiger partial charge in [-0.3, -0.25) is 0 Å².